The molecular formula is C9H3ClF4. The number of halogens is 5. The molecule has 0 spiro atoms. The van der Waals surface area contributed by atoms with Crippen LogP contribution >= 0.6 is 11.6 Å². The maximum Gasteiger partial charge on any atom is 0.198 e. The van der Waals surface area contributed by atoms with Crippen molar-refractivity contribution in [3.05, 3.63) is 34.9 Å². The van der Waals surface area contributed by atoms with Gasteiger partial charge in [0.2, 0.25) is 0 Å². The average molecular weight is 223 g/mol. The molecule has 1 aromatic rings. The Balaban J connectivity index is 3.33. The second-order valence-corrected chi connectivity index (χ2v) is 2.55. The van der Waals surface area contributed by atoms with Crippen molar-refractivity contribution < 1.29 is 17.6 Å². The van der Waals surface area contributed by atoms with Gasteiger partial charge in [-0.3, -0.25) is 0 Å². The van der Waals surface area contributed by atoms with Gasteiger partial charge >= 0.3 is 0 Å². The fourth-order valence-electron chi connectivity index (χ4n) is 0.792. The molecule has 0 aliphatic carbocycles. The molecule has 0 amide bonds. The lowest BCUT2D eigenvalue weighted by molar-refractivity contribution is 0.408. The first kappa shape index (κ1) is 10.9. The highest BCUT2D eigenvalue weighted by Gasteiger charge is 2.17. The van der Waals surface area contributed by atoms with E-state index >= 15 is 0 Å². The lowest BCUT2D eigenvalue weighted by atomic mass is 10.2. The topological polar surface area (TPSA) is 0 Å². The second-order valence-electron chi connectivity index (χ2n) is 2.28. The first-order valence-corrected chi connectivity index (χ1v) is 3.99. The van der Waals surface area contributed by atoms with Gasteiger partial charge in [-0.1, -0.05) is 11.8 Å². The fourth-order valence-corrected chi connectivity index (χ4v) is 0.859. The zero-order chi connectivity index (χ0) is 10.7. The highest BCUT2D eigenvalue weighted by atomic mass is 35.5. The minimum Gasteiger partial charge on any atom is -0.204 e. The highest BCUT2D eigenvalue weighted by Crippen LogP contribution is 2.17. The smallest absolute Gasteiger partial charge is 0.198 e. The van der Waals surface area contributed by atoms with Gasteiger partial charge < -0.3 is 0 Å². The molecule has 14 heavy (non-hydrogen) atoms. The minimum absolute atomic E-state index is 0.111. The minimum atomic E-state index is -1.87. The van der Waals surface area contributed by atoms with Gasteiger partial charge in [-0.25, -0.2) is 17.6 Å². The molecular weight excluding hydrogens is 220 g/mol. The van der Waals surface area contributed by atoms with E-state index in [1.165, 1.54) is 0 Å². The summed E-state index contributed by atoms with van der Waals surface area (Å²) < 4.78 is 50.4. The van der Waals surface area contributed by atoms with Crippen molar-refractivity contribution in [1.29, 1.82) is 0 Å². The summed E-state index contributed by atoms with van der Waals surface area (Å²) in [5.74, 6) is -2.56. The lowest BCUT2D eigenvalue weighted by Gasteiger charge is -1.98. The van der Waals surface area contributed by atoms with Crippen LogP contribution in [0.25, 0.3) is 0 Å². The maximum atomic E-state index is 12.8. The van der Waals surface area contributed by atoms with Gasteiger partial charge in [-0.15, -0.1) is 11.6 Å². The van der Waals surface area contributed by atoms with E-state index in [9.17, 15) is 17.6 Å². The van der Waals surface area contributed by atoms with Gasteiger partial charge in [0.25, 0.3) is 0 Å². The van der Waals surface area contributed by atoms with Crippen LogP contribution in [-0.4, -0.2) is 5.88 Å². The molecule has 0 aromatic heterocycles. The molecule has 0 aliphatic rings. The molecule has 0 atom stereocenters. The number of rotatable bonds is 0. The van der Waals surface area contributed by atoms with E-state index in [2.05, 4.69) is 11.8 Å². The first-order valence-electron chi connectivity index (χ1n) is 3.45. The van der Waals surface area contributed by atoms with Crippen molar-refractivity contribution in [2.45, 2.75) is 0 Å². The van der Waals surface area contributed by atoms with Crippen LogP contribution in [0.5, 0.6) is 0 Å². The molecule has 0 nitrogen and oxygen atoms in total. The van der Waals surface area contributed by atoms with Crippen LogP contribution in [0.4, 0.5) is 17.6 Å². The van der Waals surface area contributed by atoms with Gasteiger partial charge in [0, 0.05) is 0 Å². The quantitative estimate of drug-likeness (QED) is 0.208. The summed E-state index contributed by atoms with van der Waals surface area (Å²) in [6, 6.07) is 0.479. The summed E-state index contributed by atoms with van der Waals surface area (Å²) in [6.07, 6.45) is 0. The first-order chi connectivity index (χ1) is 6.57. The SMILES string of the molecule is Fc1cc(C#CCCl)c(F)c(F)c1F. The Kier molecular flexibility index (Phi) is 3.37. The monoisotopic (exact) mass is 222 g/mol. The van der Waals surface area contributed by atoms with E-state index in [1.807, 2.05) is 0 Å². The lowest BCUT2D eigenvalue weighted by Crippen LogP contribution is -1.98. The van der Waals surface area contributed by atoms with Crippen molar-refractivity contribution in [3.63, 3.8) is 0 Å². The van der Waals surface area contributed by atoms with Gasteiger partial charge in [0.05, 0.1) is 11.4 Å². The normalized spacial score (nSPS) is 9.50. The molecule has 1 rings (SSSR count). The largest absolute Gasteiger partial charge is 0.204 e. The molecule has 0 fully saturated rings. The predicted molar refractivity (Wildman–Crippen MR) is 43.9 cm³/mol. The summed E-state index contributed by atoms with van der Waals surface area (Å²) in [4.78, 5) is 0. The predicted octanol–water partition coefficient (Wildman–Crippen LogP) is 2.83. The fraction of sp³-hybridized carbons (Fsp3) is 0.111. The molecule has 0 bridgehead atoms. The van der Waals surface area contributed by atoms with Crippen molar-refractivity contribution in [2.24, 2.45) is 0 Å². The van der Waals surface area contributed by atoms with Crippen molar-refractivity contribution in [3.8, 4) is 11.8 Å². The summed E-state index contributed by atoms with van der Waals surface area (Å²) in [7, 11) is 0. The van der Waals surface area contributed by atoms with E-state index < -0.39 is 28.8 Å². The van der Waals surface area contributed by atoms with Crippen LogP contribution in [-0.2, 0) is 0 Å². The van der Waals surface area contributed by atoms with Crippen LogP contribution < -0.4 is 0 Å². The van der Waals surface area contributed by atoms with Crippen molar-refractivity contribution in [1.82, 2.24) is 0 Å². The number of hydrogen-bond donors (Lipinski definition) is 0. The molecule has 0 aliphatic heterocycles. The highest BCUT2D eigenvalue weighted by molar-refractivity contribution is 6.19. The van der Waals surface area contributed by atoms with Crippen LogP contribution in [0.3, 0.4) is 0 Å². The van der Waals surface area contributed by atoms with E-state index in [-0.39, 0.29) is 5.88 Å². The summed E-state index contributed by atoms with van der Waals surface area (Å²) in [6.45, 7) is 0. The van der Waals surface area contributed by atoms with E-state index in [0.717, 1.165) is 0 Å². The second kappa shape index (κ2) is 4.34. The van der Waals surface area contributed by atoms with E-state index in [0.29, 0.717) is 6.07 Å². The number of benzene rings is 1. The molecule has 5 heteroatoms. The molecule has 0 radical (unpaired) electrons. The van der Waals surface area contributed by atoms with Crippen LogP contribution in [0.1, 0.15) is 5.56 Å². The molecule has 0 heterocycles. The molecule has 74 valence electrons. The molecule has 0 N–H and O–H groups in total. The maximum absolute atomic E-state index is 12.8. The molecule has 0 saturated carbocycles. The van der Waals surface area contributed by atoms with Crippen molar-refractivity contribution >= 4 is 11.6 Å². The third-order valence-electron chi connectivity index (χ3n) is 1.39. The van der Waals surface area contributed by atoms with Crippen LogP contribution in [0, 0.1) is 35.1 Å². The van der Waals surface area contributed by atoms with Gasteiger partial charge in [0.1, 0.15) is 0 Å². The molecule has 1 aromatic carbocycles. The van der Waals surface area contributed by atoms with Gasteiger partial charge in [-0.05, 0) is 6.07 Å². The zero-order valence-corrected chi connectivity index (χ0v) is 7.43. The van der Waals surface area contributed by atoms with Crippen LogP contribution in [0.15, 0.2) is 6.07 Å². The van der Waals surface area contributed by atoms with E-state index in [1.54, 1.807) is 0 Å². The Hall–Kier alpha value is -1.21. The summed E-state index contributed by atoms with van der Waals surface area (Å²) in [5.41, 5.74) is -0.554. The Morgan fingerprint density at radius 1 is 1.07 bits per heavy atom. The third-order valence-corrected chi connectivity index (χ3v) is 1.53. The Morgan fingerprint density at radius 2 is 1.71 bits per heavy atom. The zero-order valence-electron chi connectivity index (χ0n) is 6.67. The molecule has 0 unspecified atom stereocenters. The standard InChI is InChI=1S/C9H3ClF4/c10-3-1-2-5-4-6(11)8(13)9(14)7(5)12/h4H,3H2. The summed E-state index contributed by atoms with van der Waals surface area (Å²) in [5, 5.41) is 0. The summed E-state index contributed by atoms with van der Waals surface area (Å²) >= 11 is 5.16. The number of hydrogen-bond acceptors (Lipinski definition) is 0. The Labute approximate surface area is 82.5 Å². The van der Waals surface area contributed by atoms with Crippen molar-refractivity contribution in [2.75, 3.05) is 5.88 Å². The van der Waals surface area contributed by atoms with Crippen LogP contribution in [0.2, 0.25) is 0 Å². The number of alkyl halides is 1. The Morgan fingerprint density at radius 3 is 2.29 bits per heavy atom. The average Bonchev–Trinajstić information content (AvgIpc) is 2.18. The Bertz CT molecular complexity index is 417. The molecule has 0 saturated heterocycles. The van der Waals surface area contributed by atoms with E-state index in [4.69, 9.17) is 11.6 Å². The third kappa shape index (κ3) is 1.99. The van der Waals surface area contributed by atoms with Gasteiger partial charge in [-0.2, -0.15) is 0 Å². The van der Waals surface area contributed by atoms with Gasteiger partial charge in [0.15, 0.2) is 23.3 Å².